The molecule has 2 aliphatic heterocycles. The number of nitrogens with zero attached hydrogens (tertiary/aromatic N) is 6. The number of rotatable bonds is 5. The minimum atomic E-state index is -0.532. The first-order chi connectivity index (χ1) is 20.1. The molecule has 4 aromatic rings. The fourth-order valence-electron chi connectivity index (χ4n) is 5.75. The number of aromatic nitrogens is 4. The number of fused-ring (bicyclic) bond motifs is 1. The van der Waals surface area contributed by atoms with Crippen LogP contribution in [0.3, 0.4) is 0 Å². The molecular weight excluding hydrogens is 559 g/mol. The summed E-state index contributed by atoms with van der Waals surface area (Å²) in [4.78, 5) is 44.7. The van der Waals surface area contributed by atoms with Crippen LogP contribution in [0.25, 0.3) is 28.0 Å². The molecule has 0 radical (unpaired) electrons. The predicted octanol–water partition coefficient (Wildman–Crippen LogP) is 4.89. The van der Waals surface area contributed by atoms with Crippen molar-refractivity contribution in [3.8, 4) is 16.9 Å². The normalized spacial score (nSPS) is 20.4. The summed E-state index contributed by atoms with van der Waals surface area (Å²) in [6.45, 7) is 11.1. The van der Waals surface area contributed by atoms with Crippen LogP contribution in [0.5, 0.6) is 0 Å². The van der Waals surface area contributed by atoms with Gasteiger partial charge in [0.1, 0.15) is 11.6 Å². The summed E-state index contributed by atoms with van der Waals surface area (Å²) in [7, 11) is 0. The number of ether oxygens (including phenoxy) is 1. The topological polar surface area (TPSA) is 96.8 Å². The lowest BCUT2D eigenvalue weighted by Gasteiger charge is -2.40. The maximum absolute atomic E-state index is 15.0. The molecule has 1 amide bonds. The molecule has 0 N–H and O–H groups in total. The highest BCUT2D eigenvalue weighted by Gasteiger charge is 2.45. The summed E-state index contributed by atoms with van der Waals surface area (Å²) in [6.07, 6.45) is 1.27. The van der Waals surface area contributed by atoms with E-state index in [9.17, 15) is 14.0 Å². The maximum atomic E-state index is 15.0. The largest absolute Gasteiger partial charge is 0.359 e. The SMILES string of the molecule is Cc1ccnc(C(C)C)c1-n1c(=O)nc(N2CCN(C(=O)C3OC3C)C[C@@H]2C)c2cc(Cl)c(-c3ccccc3F)nc21. The molecule has 42 heavy (non-hydrogen) atoms. The van der Waals surface area contributed by atoms with Gasteiger partial charge >= 0.3 is 5.69 Å². The van der Waals surface area contributed by atoms with Gasteiger partial charge in [-0.2, -0.15) is 4.98 Å². The Kier molecular flexibility index (Phi) is 7.22. The number of epoxide rings is 1. The lowest BCUT2D eigenvalue weighted by molar-refractivity contribution is -0.133. The van der Waals surface area contributed by atoms with E-state index in [2.05, 4.69) is 9.97 Å². The lowest BCUT2D eigenvalue weighted by atomic mass is 10.0. The average Bonchev–Trinajstić information content (AvgIpc) is 3.69. The van der Waals surface area contributed by atoms with Crippen molar-refractivity contribution in [2.45, 2.75) is 58.8 Å². The highest BCUT2D eigenvalue weighted by atomic mass is 35.5. The molecule has 0 saturated carbocycles. The van der Waals surface area contributed by atoms with Gasteiger partial charge in [0.25, 0.3) is 5.91 Å². The van der Waals surface area contributed by atoms with Gasteiger partial charge in [0, 0.05) is 37.4 Å². The molecule has 0 aliphatic carbocycles. The second-order valence-corrected chi connectivity index (χ2v) is 11.7. The molecule has 2 aliphatic rings. The number of aryl methyl sites for hydroxylation is 1. The fourth-order valence-corrected chi connectivity index (χ4v) is 6.00. The number of carbonyl (C=O) groups is 1. The highest BCUT2D eigenvalue weighted by molar-refractivity contribution is 6.33. The van der Waals surface area contributed by atoms with Crippen LogP contribution in [-0.4, -0.2) is 68.2 Å². The summed E-state index contributed by atoms with van der Waals surface area (Å²) in [6, 6.07) is 9.65. The van der Waals surface area contributed by atoms with Crippen molar-refractivity contribution < 1.29 is 13.9 Å². The van der Waals surface area contributed by atoms with Crippen molar-refractivity contribution in [1.82, 2.24) is 24.4 Å². The zero-order chi connectivity index (χ0) is 29.9. The Morgan fingerprint density at radius 3 is 2.55 bits per heavy atom. The number of anilines is 1. The predicted molar refractivity (Wildman–Crippen MR) is 160 cm³/mol. The van der Waals surface area contributed by atoms with E-state index >= 15 is 0 Å². The quantitative estimate of drug-likeness (QED) is 0.305. The molecule has 218 valence electrons. The number of hydrogen-bond acceptors (Lipinski definition) is 7. The van der Waals surface area contributed by atoms with Gasteiger partial charge in [-0.25, -0.2) is 18.7 Å². The average molecular weight is 591 g/mol. The van der Waals surface area contributed by atoms with Gasteiger partial charge in [0.2, 0.25) is 0 Å². The Morgan fingerprint density at radius 2 is 1.88 bits per heavy atom. The first-order valence-electron chi connectivity index (χ1n) is 14.1. The summed E-state index contributed by atoms with van der Waals surface area (Å²) < 4.78 is 21.8. The summed E-state index contributed by atoms with van der Waals surface area (Å²) in [5, 5.41) is 0.776. The van der Waals surface area contributed by atoms with Crippen LogP contribution in [-0.2, 0) is 9.53 Å². The molecule has 11 heteroatoms. The molecule has 3 aromatic heterocycles. The van der Waals surface area contributed by atoms with Crippen molar-refractivity contribution in [3.63, 3.8) is 0 Å². The van der Waals surface area contributed by atoms with Gasteiger partial charge < -0.3 is 14.5 Å². The monoisotopic (exact) mass is 590 g/mol. The Hall–Kier alpha value is -3.89. The Morgan fingerprint density at radius 1 is 1.14 bits per heavy atom. The Labute approximate surface area is 247 Å². The van der Waals surface area contributed by atoms with Gasteiger partial charge in [0.05, 0.1) is 33.6 Å². The lowest BCUT2D eigenvalue weighted by Crippen LogP contribution is -2.55. The molecule has 1 aromatic carbocycles. The van der Waals surface area contributed by atoms with E-state index in [-0.39, 0.29) is 46.4 Å². The molecule has 2 saturated heterocycles. The second kappa shape index (κ2) is 10.7. The van der Waals surface area contributed by atoms with Crippen molar-refractivity contribution in [2.75, 3.05) is 24.5 Å². The van der Waals surface area contributed by atoms with Gasteiger partial charge in [0.15, 0.2) is 11.8 Å². The number of carbonyl (C=O) groups excluding carboxylic acids is 1. The number of halogens is 2. The molecule has 5 heterocycles. The van der Waals surface area contributed by atoms with Crippen molar-refractivity contribution in [1.29, 1.82) is 0 Å². The standard InChI is InChI=1S/C31H32ClFN6O3/c1-16(2)24-26(17(3)10-11-34-24)39-29-21(14-22(32)25(35-29)20-8-6-7-9-23(20)33)28(36-31(39)41)38-13-12-37(15-18(38)4)30(40)27-19(5)42-27/h6-11,14,16,18-19,27H,12-13,15H2,1-5H3/t18-,19?,27?/m0/s1. The van der Waals surface area contributed by atoms with Crippen LogP contribution in [0.1, 0.15) is 44.9 Å². The summed E-state index contributed by atoms with van der Waals surface area (Å²) >= 11 is 6.79. The third kappa shape index (κ3) is 4.82. The first-order valence-corrected chi connectivity index (χ1v) is 14.5. The van der Waals surface area contributed by atoms with Crippen LogP contribution in [0, 0.1) is 12.7 Å². The van der Waals surface area contributed by atoms with Gasteiger partial charge in [-0.05, 0) is 56.5 Å². The third-order valence-electron chi connectivity index (χ3n) is 8.02. The molecule has 2 fully saturated rings. The van der Waals surface area contributed by atoms with E-state index in [1.54, 1.807) is 35.4 Å². The zero-order valence-corrected chi connectivity index (χ0v) is 24.9. The van der Waals surface area contributed by atoms with Crippen molar-refractivity contribution in [2.24, 2.45) is 0 Å². The minimum absolute atomic E-state index is 0.00340. The minimum Gasteiger partial charge on any atom is -0.359 e. The van der Waals surface area contributed by atoms with Crippen molar-refractivity contribution >= 4 is 34.4 Å². The Bertz CT molecular complexity index is 1780. The van der Waals surface area contributed by atoms with Crippen molar-refractivity contribution in [3.05, 3.63) is 75.2 Å². The number of benzene rings is 1. The maximum Gasteiger partial charge on any atom is 0.355 e. The molecule has 0 spiro atoms. The van der Waals surface area contributed by atoms with Gasteiger partial charge in [-0.3, -0.25) is 9.78 Å². The molecule has 3 atom stereocenters. The zero-order valence-electron chi connectivity index (χ0n) is 24.1. The second-order valence-electron chi connectivity index (χ2n) is 11.3. The van der Waals surface area contributed by atoms with E-state index in [0.717, 1.165) is 5.56 Å². The molecular formula is C31H32ClFN6O3. The summed E-state index contributed by atoms with van der Waals surface area (Å²) in [5.41, 5.74) is 2.36. The number of amides is 1. The highest BCUT2D eigenvalue weighted by Crippen LogP contribution is 2.36. The molecule has 0 bridgehead atoms. The van der Waals surface area contributed by atoms with Crippen LogP contribution < -0.4 is 10.6 Å². The third-order valence-corrected chi connectivity index (χ3v) is 8.31. The van der Waals surface area contributed by atoms with E-state index in [4.69, 9.17) is 21.3 Å². The molecule has 6 rings (SSSR count). The molecule has 2 unspecified atom stereocenters. The van der Waals surface area contributed by atoms with Crippen LogP contribution >= 0.6 is 11.6 Å². The van der Waals surface area contributed by atoms with E-state index < -0.39 is 11.5 Å². The van der Waals surface area contributed by atoms with Gasteiger partial charge in [-0.1, -0.05) is 37.6 Å². The van der Waals surface area contributed by atoms with Crippen LogP contribution in [0.15, 0.2) is 47.4 Å². The van der Waals surface area contributed by atoms with E-state index in [1.807, 2.05) is 45.6 Å². The number of pyridine rings is 2. The van der Waals surface area contributed by atoms with Crippen LogP contribution in [0.2, 0.25) is 5.02 Å². The van der Waals surface area contributed by atoms with E-state index in [0.29, 0.717) is 47.9 Å². The Balaban J connectivity index is 1.56. The fraction of sp³-hybridized carbons (Fsp3) is 0.387. The van der Waals surface area contributed by atoms with E-state index in [1.165, 1.54) is 10.6 Å². The van der Waals surface area contributed by atoms with Crippen LogP contribution in [0.4, 0.5) is 10.2 Å². The first kappa shape index (κ1) is 28.2. The number of hydrogen-bond donors (Lipinski definition) is 0. The number of piperazine rings is 1. The van der Waals surface area contributed by atoms with Gasteiger partial charge in [-0.15, -0.1) is 0 Å². The summed E-state index contributed by atoms with van der Waals surface area (Å²) in [5.74, 6) is -0.0688. The molecule has 9 nitrogen and oxygen atoms in total. The smallest absolute Gasteiger partial charge is 0.355 e.